The van der Waals surface area contributed by atoms with Crippen LogP contribution in [-0.2, 0) is 0 Å². The maximum Gasteiger partial charge on any atom is 0.121 e. The molecule has 1 aliphatic carbocycles. The van der Waals surface area contributed by atoms with E-state index in [-0.39, 0.29) is 6.10 Å². The fraction of sp³-hybridized carbons (Fsp3) is 0.647. The lowest BCUT2D eigenvalue weighted by Gasteiger charge is -2.26. The fourth-order valence-electron chi connectivity index (χ4n) is 2.49. The van der Waals surface area contributed by atoms with Crippen LogP contribution >= 0.6 is 11.6 Å². The van der Waals surface area contributed by atoms with E-state index in [0.29, 0.717) is 6.04 Å². The number of benzene rings is 1. The van der Waals surface area contributed by atoms with Crippen LogP contribution in [-0.4, -0.2) is 18.7 Å². The molecule has 1 aliphatic rings. The third-order valence-corrected chi connectivity index (χ3v) is 4.16. The highest BCUT2D eigenvalue weighted by molar-refractivity contribution is 6.30. The van der Waals surface area contributed by atoms with Crippen LogP contribution in [0.1, 0.15) is 46.0 Å². The van der Waals surface area contributed by atoms with Crippen LogP contribution < -0.4 is 10.1 Å². The third kappa shape index (κ3) is 5.34. The molecule has 0 aromatic heterocycles. The van der Waals surface area contributed by atoms with Crippen LogP contribution in [0.15, 0.2) is 24.3 Å². The van der Waals surface area contributed by atoms with Crippen LogP contribution in [0.25, 0.3) is 0 Å². The van der Waals surface area contributed by atoms with Gasteiger partial charge < -0.3 is 10.1 Å². The molecular weight excluding hydrogens is 270 g/mol. The molecule has 0 radical (unpaired) electrons. The predicted octanol–water partition coefficient (Wildman–Crippen LogP) is 4.67. The lowest BCUT2D eigenvalue weighted by molar-refractivity contribution is 0.162. The standard InChI is InChI=1S/C17H26ClNO/c1-3-11-19-17(10-9-14-7-8-14)13(2)20-16-6-4-5-15(18)12-16/h4-6,12-14,17,19H,3,7-11H2,1-2H3. The number of ether oxygens (including phenoxy) is 1. The smallest absolute Gasteiger partial charge is 0.121 e. The first-order valence-electron chi connectivity index (χ1n) is 7.84. The molecule has 1 aromatic rings. The maximum absolute atomic E-state index is 6.06. The first kappa shape index (κ1) is 15.7. The molecule has 0 spiro atoms. The Morgan fingerprint density at radius 1 is 1.40 bits per heavy atom. The minimum absolute atomic E-state index is 0.166. The molecule has 0 amide bonds. The topological polar surface area (TPSA) is 21.3 Å². The van der Waals surface area contributed by atoms with Gasteiger partial charge in [0.1, 0.15) is 11.9 Å². The van der Waals surface area contributed by atoms with E-state index in [0.717, 1.165) is 29.7 Å². The van der Waals surface area contributed by atoms with Gasteiger partial charge in [-0.1, -0.05) is 37.4 Å². The SMILES string of the molecule is CCCNC(CCC1CC1)C(C)Oc1cccc(Cl)c1. The van der Waals surface area contributed by atoms with Gasteiger partial charge in [0.05, 0.1) is 0 Å². The van der Waals surface area contributed by atoms with Crippen molar-refractivity contribution in [3.8, 4) is 5.75 Å². The van der Waals surface area contributed by atoms with E-state index in [1.54, 1.807) is 0 Å². The number of rotatable bonds is 9. The molecule has 3 heteroatoms. The van der Waals surface area contributed by atoms with Crippen LogP contribution in [0.5, 0.6) is 5.75 Å². The lowest BCUT2D eigenvalue weighted by Crippen LogP contribution is -2.41. The highest BCUT2D eigenvalue weighted by Gasteiger charge is 2.25. The number of nitrogens with one attached hydrogen (secondary N) is 1. The van der Waals surface area contributed by atoms with E-state index in [1.165, 1.54) is 25.7 Å². The number of hydrogen-bond acceptors (Lipinski definition) is 2. The molecule has 2 nitrogen and oxygen atoms in total. The van der Waals surface area contributed by atoms with E-state index in [4.69, 9.17) is 16.3 Å². The van der Waals surface area contributed by atoms with Gasteiger partial charge in [0.25, 0.3) is 0 Å². The average molecular weight is 296 g/mol. The van der Waals surface area contributed by atoms with E-state index in [1.807, 2.05) is 24.3 Å². The molecule has 1 aromatic carbocycles. The zero-order valence-corrected chi connectivity index (χ0v) is 13.3. The van der Waals surface area contributed by atoms with Crippen molar-refractivity contribution < 1.29 is 4.74 Å². The monoisotopic (exact) mass is 295 g/mol. The molecule has 20 heavy (non-hydrogen) atoms. The molecule has 0 bridgehead atoms. The Bertz CT molecular complexity index is 406. The minimum atomic E-state index is 0.166. The van der Waals surface area contributed by atoms with Crippen molar-refractivity contribution in [2.45, 2.75) is 58.1 Å². The van der Waals surface area contributed by atoms with Crippen molar-refractivity contribution >= 4 is 11.6 Å². The molecule has 1 saturated carbocycles. The number of hydrogen-bond donors (Lipinski definition) is 1. The van der Waals surface area contributed by atoms with E-state index in [2.05, 4.69) is 19.2 Å². The summed E-state index contributed by atoms with van der Waals surface area (Å²) in [5, 5.41) is 4.36. The van der Waals surface area contributed by atoms with Crippen molar-refractivity contribution in [1.29, 1.82) is 0 Å². The summed E-state index contributed by atoms with van der Waals surface area (Å²) in [6, 6.07) is 8.09. The summed E-state index contributed by atoms with van der Waals surface area (Å²) in [5.74, 6) is 1.83. The molecule has 2 rings (SSSR count). The Morgan fingerprint density at radius 2 is 2.20 bits per heavy atom. The van der Waals surface area contributed by atoms with Gasteiger partial charge in [-0.15, -0.1) is 0 Å². The van der Waals surface area contributed by atoms with Gasteiger partial charge in [0.15, 0.2) is 0 Å². The molecule has 0 heterocycles. The summed E-state index contributed by atoms with van der Waals surface area (Å²) < 4.78 is 6.06. The summed E-state index contributed by atoms with van der Waals surface area (Å²) >= 11 is 6.01. The first-order valence-corrected chi connectivity index (χ1v) is 8.22. The second kappa shape index (κ2) is 7.90. The molecule has 2 unspecified atom stereocenters. The summed E-state index contributed by atoms with van der Waals surface area (Å²) in [5.41, 5.74) is 0. The summed E-state index contributed by atoms with van der Waals surface area (Å²) in [4.78, 5) is 0. The molecule has 0 aliphatic heterocycles. The number of halogens is 1. The van der Waals surface area contributed by atoms with Crippen LogP contribution in [0, 0.1) is 5.92 Å². The lowest BCUT2D eigenvalue weighted by atomic mass is 10.0. The van der Waals surface area contributed by atoms with Gasteiger partial charge in [0, 0.05) is 11.1 Å². The largest absolute Gasteiger partial charge is 0.489 e. The molecule has 0 saturated heterocycles. The summed E-state index contributed by atoms with van der Waals surface area (Å²) in [6.45, 7) is 5.41. The third-order valence-electron chi connectivity index (χ3n) is 3.92. The Balaban J connectivity index is 1.87. The quantitative estimate of drug-likeness (QED) is 0.715. The maximum atomic E-state index is 6.06. The Labute approximate surface area is 127 Å². The van der Waals surface area contributed by atoms with Crippen LogP contribution in [0.2, 0.25) is 5.02 Å². The van der Waals surface area contributed by atoms with Gasteiger partial charge in [0.2, 0.25) is 0 Å². The predicted molar refractivity (Wildman–Crippen MR) is 85.6 cm³/mol. The van der Waals surface area contributed by atoms with Gasteiger partial charge in [-0.05, 0) is 56.8 Å². The minimum Gasteiger partial charge on any atom is -0.489 e. The Morgan fingerprint density at radius 3 is 2.85 bits per heavy atom. The van der Waals surface area contributed by atoms with Crippen molar-refractivity contribution in [2.24, 2.45) is 5.92 Å². The van der Waals surface area contributed by atoms with Crippen LogP contribution in [0.4, 0.5) is 0 Å². The zero-order chi connectivity index (χ0) is 14.4. The van der Waals surface area contributed by atoms with Crippen molar-refractivity contribution in [3.63, 3.8) is 0 Å². The Hall–Kier alpha value is -0.730. The van der Waals surface area contributed by atoms with Gasteiger partial charge in [-0.2, -0.15) is 0 Å². The van der Waals surface area contributed by atoms with Gasteiger partial charge in [-0.3, -0.25) is 0 Å². The highest BCUT2D eigenvalue weighted by Crippen LogP contribution is 2.34. The first-order chi connectivity index (χ1) is 9.69. The second-order valence-corrected chi connectivity index (χ2v) is 6.30. The van der Waals surface area contributed by atoms with E-state index >= 15 is 0 Å². The second-order valence-electron chi connectivity index (χ2n) is 5.86. The van der Waals surface area contributed by atoms with Crippen molar-refractivity contribution in [2.75, 3.05) is 6.54 Å². The average Bonchev–Trinajstić information content (AvgIpc) is 3.23. The summed E-state index contributed by atoms with van der Waals surface area (Å²) in [7, 11) is 0. The molecule has 112 valence electrons. The fourth-order valence-corrected chi connectivity index (χ4v) is 2.67. The van der Waals surface area contributed by atoms with Crippen LogP contribution in [0.3, 0.4) is 0 Å². The molecule has 1 N–H and O–H groups in total. The normalized spacial score (nSPS) is 17.8. The molecular formula is C17H26ClNO. The van der Waals surface area contributed by atoms with E-state index in [9.17, 15) is 0 Å². The van der Waals surface area contributed by atoms with E-state index < -0.39 is 0 Å². The molecule has 2 atom stereocenters. The highest BCUT2D eigenvalue weighted by atomic mass is 35.5. The van der Waals surface area contributed by atoms with Gasteiger partial charge in [-0.25, -0.2) is 0 Å². The summed E-state index contributed by atoms with van der Waals surface area (Å²) in [6.07, 6.45) is 6.69. The zero-order valence-electron chi connectivity index (χ0n) is 12.6. The molecule has 1 fully saturated rings. The van der Waals surface area contributed by atoms with Crippen molar-refractivity contribution in [1.82, 2.24) is 5.32 Å². The Kier molecular flexibility index (Phi) is 6.18. The van der Waals surface area contributed by atoms with Crippen molar-refractivity contribution in [3.05, 3.63) is 29.3 Å². The van der Waals surface area contributed by atoms with Gasteiger partial charge >= 0.3 is 0 Å².